The maximum absolute atomic E-state index is 14.4. The van der Waals surface area contributed by atoms with Gasteiger partial charge in [0.25, 0.3) is 23.7 Å². The van der Waals surface area contributed by atoms with Gasteiger partial charge in [-0.25, -0.2) is 87.4 Å². The normalized spacial score (nSPS) is 21.6. The van der Waals surface area contributed by atoms with Crippen LogP contribution in [0.1, 0.15) is 141 Å². The predicted molar refractivity (Wildman–Crippen MR) is 517 cm³/mol. The number of methoxy groups -OCH3 is 2. The number of ether oxygens (including phenoxy) is 4. The highest BCUT2D eigenvalue weighted by Gasteiger charge is 2.52. The lowest BCUT2D eigenvalue weighted by molar-refractivity contribution is -0.140. The minimum absolute atomic E-state index is 0.0132. The van der Waals surface area contributed by atoms with Gasteiger partial charge in [0, 0.05) is 229 Å². The Morgan fingerprint density at radius 3 is 1.10 bits per heavy atom. The van der Waals surface area contributed by atoms with Crippen LogP contribution in [0.2, 0.25) is 20.1 Å². The highest BCUT2D eigenvalue weighted by molar-refractivity contribution is 9.10. The summed E-state index contributed by atoms with van der Waals surface area (Å²) >= 11 is 29.9. The first kappa shape index (κ1) is 111. The van der Waals surface area contributed by atoms with Gasteiger partial charge in [0.05, 0.1) is 82.3 Å². The standard InChI is InChI=1S/C24H25BrF3N5O4.C24H26ClF3N6O3.C24H25ClF3N5O4.C22H21Cl2F2N5O3S/c1-3-37-23(36)19-17(11-33-12-24(27,28)10-14(33)9-18(34)35)30-21(22-29-6-7-32(22)2)31-20(19)15-5-4-13(26)8-16(15)25;1-3-37-23(36)19-17(11-34-12-24(27,28)10-14(34)9-18(29)35)31-21(22-30-6-7-33(22)2)32-20(19)15-5-4-13(26)8-16(15)25;1-32-8-7-29-22(32)21-30-17(11-33-12-24(27,28)10-14(33)4-6-18(34)35)19(23(36)37-2)20(31-21)15-5-3-13(26)9-16(15)25;1-34-21(33)17-15(9-31-10-22(25,26)8-12(31)7-16(27)32)29-19(20-28-4-5-35-20)30-18(17)13-3-2-11(23)6-14(13)24/h4-8,14,20H,3,9-12H2,1-2H3,(H,30,31)(H,34,35);4-8,14,20H,3,9-12H2,1-2H3,(H2,29,35)(H,31,32);3,5,7-9,14,20H,4,6,10-12H2,1-2H3,(H,30,31)(H,34,35);2-6,12,18H,7-10H2,1H3,(H2,27,32)(H,29,30). The number of alkyl halides is 8. The fourth-order valence-corrected chi connectivity index (χ4v) is 20.3. The molecule has 4 saturated heterocycles. The van der Waals surface area contributed by atoms with Crippen LogP contribution in [-0.2, 0) is 78.4 Å². The number of carboxylic acid groups (broad SMARTS) is 2. The van der Waals surface area contributed by atoms with E-state index in [-0.39, 0.29) is 137 Å². The molecule has 12 heterocycles. The molecule has 8 aromatic rings. The van der Waals surface area contributed by atoms with Crippen LogP contribution in [0, 0.1) is 17.5 Å². The van der Waals surface area contributed by atoms with Crippen LogP contribution in [0.25, 0.3) is 0 Å². The minimum atomic E-state index is -3.09. The lowest BCUT2D eigenvalue weighted by Gasteiger charge is -2.31. The number of carbonyl (C=O) groups is 8. The van der Waals surface area contributed by atoms with Gasteiger partial charge < -0.3 is 75.6 Å². The Hall–Kier alpha value is -12.6. The summed E-state index contributed by atoms with van der Waals surface area (Å²) in [5.41, 5.74) is 13.3. The van der Waals surface area contributed by atoms with Crippen molar-refractivity contribution in [3.05, 3.63) is 253 Å². The number of amidine groups is 4. The van der Waals surface area contributed by atoms with Crippen LogP contribution in [0.5, 0.6) is 0 Å². The van der Waals surface area contributed by atoms with Gasteiger partial charge in [-0.1, -0.05) is 86.6 Å². The number of aryl methyl sites for hydroxylation is 3. The zero-order valence-electron chi connectivity index (χ0n) is 78.7. The topological polar surface area (TPSA) is 443 Å². The van der Waals surface area contributed by atoms with Gasteiger partial charge in [-0.3, -0.25) is 58.7 Å². The Bertz CT molecular complexity index is 6390. The van der Waals surface area contributed by atoms with Gasteiger partial charge in [-0.15, -0.1) is 11.3 Å². The molecule has 8 aliphatic rings. The third-order valence-corrected chi connectivity index (χ3v) is 27.1. The van der Waals surface area contributed by atoms with Crippen LogP contribution in [0.4, 0.5) is 48.3 Å². The number of carbonyl (C=O) groups excluding carboxylic acids is 6. The summed E-state index contributed by atoms with van der Waals surface area (Å²) < 4.78 is 183. The Balaban J connectivity index is 0.000000163. The van der Waals surface area contributed by atoms with E-state index >= 15 is 0 Å². The molecule has 10 N–H and O–H groups in total. The number of aromatic nitrogens is 7. The maximum atomic E-state index is 14.4. The highest BCUT2D eigenvalue weighted by Crippen LogP contribution is 2.47. The van der Waals surface area contributed by atoms with E-state index in [0.717, 1.165) is 12.1 Å². The maximum Gasteiger partial charge on any atom is 0.338 e. The molecule has 0 radical (unpaired) electrons. The second-order valence-electron chi connectivity index (χ2n) is 34.9. The smallest absolute Gasteiger partial charge is 0.338 e. The monoisotopic (exact) mass is 2200 g/mol. The second kappa shape index (κ2) is 47.1. The average molecular weight is 2210 g/mol. The first-order chi connectivity index (χ1) is 69.0. The van der Waals surface area contributed by atoms with Crippen molar-refractivity contribution in [3.8, 4) is 0 Å². The fraction of sp³-hybridized carbons (Fsp3) is 0.404. The van der Waals surface area contributed by atoms with Crippen LogP contribution >= 0.6 is 73.7 Å². The molecule has 0 spiro atoms. The van der Waals surface area contributed by atoms with Crippen molar-refractivity contribution in [2.45, 2.75) is 144 Å². The predicted octanol–water partition coefficient (Wildman–Crippen LogP) is 13.0. The molecule has 8 unspecified atom stereocenters. The molecule has 35 nitrogen and oxygen atoms in total. The second-order valence-corrected chi connectivity index (χ2v) is 38.4. The van der Waals surface area contributed by atoms with Crippen molar-refractivity contribution in [3.63, 3.8) is 0 Å². The molecule has 4 aromatic carbocycles. The molecular formula is C94H97BrCl4F11N21O14S. The van der Waals surface area contributed by atoms with Gasteiger partial charge in [0.2, 0.25) is 11.8 Å². The van der Waals surface area contributed by atoms with E-state index in [4.69, 9.17) is 86.9 Å². The third kappa shape index (κ3) is 27.1. The van der Waals surface area contributed by atoms with Gasteiger partial charge in [0.1, 0.15) is 41.6 Å². The molecule has 780 valence electrons. The van der Waals surface area contributed by atoms with E-state index in [1.165, 1.54) is 93.7 Å². The fourth-order valence-electron chi connectivity index (χ4n) is 18.1. The van der Waals surface area contributed by atoms with Crippen molar-refractivity contribution in [1.29, 1.82) is 0 Å². The number of aliphatic imine (C=N–C) groups is 4. The summed E-state index contributed by atoms with van der Waals surface area (Å²) in [6.07, 6.45) is 7.85. The number of hydrogen-bond acceptors (Lipinski definition) is 29. The summed E-state index contributed by atoms with van der Waals surface area (Å²) in [5.74, 6) is -18.2. The number of amides is 2. The summed E-state index contributed by atoms with van der Waals surface area (Å²) in [6, 6.07) is 8.75. The van der Waals surface area contributed by atoms with Crippen molar-refractivity contribution in [2.24, 2.45) is 52.6 Å². The molecular weight excluding hydrogens is 2110 g/mol. The van der Waals surface area contributed by atoms with E-state index in [1.54, 1.807) is 110 Å². The molecule has 8 atom stereocenters. The van der Waals surface area contributed by atoms with E-state index in [2.05, 4.69) is 72.1 Å². The van der Waals surface area contributed by atoms with Crippen molar-refractivity contribution >= 4 is 145 Å². The number of primary amides is 2. The Kier molecular flexibility index (Phi) is 35.7. The summed E-state index contributed by atoms with van der Waals surface area (Å²) in [7, 11) is 7.60. The van der Waals surface area contributed by atoms with E-state index in [1.807, 2.05) is 0 Å². The van der Waals surface area contributed by atoms with Gasteiger partial charge in [-0.2, -0.15) is 0 Å². The van der Waals surface area contributed by atoms with E-state index in [0.29, 0.717) is 65.8 Å². The van der Waals surface area contributed by atoms with Gasteiger partial charge in [-0.05, 0) is 74.4 Å². The Morgan fingerprint density at radius 1 is 0.445 bits per heavy atom. The number of halogens is 16. The zero-order valence-corrected chi connectivity index (χ0v) is 84.1. The van der Waals surface area contributed by atoms with Gasteiger partial charge in [0.15, 0.2) is 45.8 Å². The molecule has 8 aliphatic heterocycles. The van der Waals surface area contributed by atoms with Crippen molar-refractivity contribution < 1.29 is 116 Å². The molecule has 2 amide bonds. The number of nitrogens with two attached hydrogens (primary N) is 2. The molecule has 0 aliphatic carbocycles. The number of nitrogens with one attached hydrogen (secondary N) is 4. The van der Waals surface area contributed by atoms with E-state index < -0.39 is 195 Å². The summed E-state index contributed by atoms with van der Waals surface area (Å²) in [5, 5.41) is 33.6. The first-order valence-corrected chi connectivity index (χ1v) is 48.2. The number of nitrogens with zero attached hydrogens (tertiary/aromatic N) is 15. The SMILES string of the molecule is CCOC(=O)C1=C(CN2CC(F)(F)CC2CC(=O)O)NC(c2nccn2C)=NC1c1ccc(F)cc1Br.CCOC(=O)C1=C(CN2CC(F)(F)CC2CC(N)=O)NC(c2nccn2C)=NC1c1ccc(F)cc1Cl.COC(=O)C1=C(CN2CC(F)(F)CC2CC(N)=O)NC(c2nccs2)=NC1c1ccc(Cl)cc1Cl.COC(=O)C1=C(CN2CC(F)(F)CC2CCC(=O)O)NC(c2nccn2C)=NC1c1ccc(F)cc1Cl. The number of rotatable bonds is 31. The quantitative estimate of drug-likeness (QED) is 0.0114. The molecule has 0 saturated carbocycles. The van der Waals surface area contributed by atoms with Crippen molar-refractivity contribution in [1.82, 2.24) is 74.5 Å². The number of carboxylic acids is 2. The molecule has 4 aromatic heterocycles. The lowest BCUT2D eigenvalue weighted by Crippen LogP contribution is -2.43. The Labute approximate surface area is 859 Å². The minimum Gasteiger partial charge on any atom is -0.481 e. The number of imidazole rings is 3. The summed E-state index contributed by atoms with van der Waals surface area (Å²) in [6.45, 7) is 0.204. The molecule has 0 bridgehead atoms. The summed E-state index contributed by atoms with van der Waals surface area (Å²) in [4.78, 5) is 140. The molecule has 146 heavy (non-hydrogen) atoms. The largest absolute Gasteiger partial charge is 0.481 e. The first-order valence-electron chi connectivity index (χ1n) is 45.0. The third-order valence-electron chi connectivity index (χ3n) is 24.4. The van der Waals surface area contributed by atoms with Crippen LogP contribution < -0.4 is 32.7 Å². The van der Waals surface area contributed by atoms with Crippen LogP contribution in [0.15, 0.2) is 191 Å². The number of aliphatic carboxylic acids is 2. The number of hydrogen-bond donors (Lipinski definition) is 8. The number of likely N-dealkylation sites (tertiary alicyclic amines) is 4. The average Bonchev–Trinajstić information content (AvgIpc) is 1.43. The van der Waals surface area contributed by atoms with E-state index in [9.17, 15) is 91.8 Å². The van der Waals surface area contributed by atoms with Gasteiger partial charge >= 0.3 is 35.8 Å². The van der Waals surface area contributed by atoms with Crippen molar-refractivity contribution in [2.75, 3.05) is 79.8 Å². The zero-order chi connectivity index (χ0) is 106. The number of benzene rings is 4. The molecule has 52 heteroatoms. The number of esters is 4. The molecule has 16 rings (SSSR count). The van der Waals surface area contributed by atoms with Crippen LogP contribution in [0.3, 0.4) is 0 Å². The number of thiazole rings is 1. The Morgan fingerprint density at radius 2 is 0.774 bits per heavy atom. The molecule has 4 fully saturated rings. The lowest BCUT2D eigenvalue weighted by atomic mass is 9.95. The highest BCUT2D eigenvalue weighted by atomic mass is 79.9. The van der Waals surface area contributed by atoms with Crippen LogP contribution in [-0.4, -0.2) is 262 Å².